The molecule has 4 atom stereocenters. The van der Waals surface area contributed by atoms with Crippen molar-refractivity contribution in [3.63, 3.8) is 0 Å². The summed E-state index contributed by atoms with van der Waals surface area (Å²) in [4.78, 5) is 13.7. The van der Waals surface area contributed by atoms with Crippen molar-refractivity contribution in [2.45, 2.75) is 62.4 Å². The lowest BCUT2D eigenvalue weighted by Gasteiger charge is -2.36. The van der Waals surface area contributed by atoms with E-state index in [-0.39, 0.29) is 43.3 Å². The number of carbonyl (C=O) groups excluding carboxylic acids is 1. The zero-order valence-corrected chi connectivity index (χ0v) is 31.8. The van der Waals surface area contributed by atoms with Gasteiger partial charge in [-0.25, -0.2) is 8.42 Å². The van der Waals surface area contributed by atoms with Crippen molar-refractivity contribution in [2.75, 3.05) is 18.1 Å². The Morgan fingerprint density at radius 2 is 1.50 bits per heavy atom. The summed E-state index contributed by atoms with van der Waals surface area (Å²) in [5, 5.41) is 21.8. The lowest BCUT2D eigenvalue weighted by Crippen LogP contribution is -2.47. The molecule has 11 heteroatoms. The molecule has 0 aromatic heterocycles. The lowest BCUT2D eigenvalue weighted by molar-refractivity contribution is -0.245. The monoisotopic (exact) mass is 766 g/mol. The second-order valence-corrected chi connectivity index (χ2v) is 16.2. The molecular weight excluding hydrogens is 721 g/mol. The van der Waals surface area contributed by atoms with Crippen molar-refractivity contribution in [2.24, 2.45) is 0 Å². The van der Waals surface area contributed by atoms with Crippen LogP contribution in [0.15, 0.2) is 132 Å². The molecule has 9 nitrogen and oxygen atoms in total. The van der Waals surface area contributed by atoms with E-state index >= 15 is 0 Å². The standard InChI is InChI=1S/C43H46N2O7S2/c1-30-13-19-39(20-14-30)54(49,50)45-40(24-31-7-3-2-4-8-31)42(48)44-27-33-9-5-10-35(23-33)36-11-6-12-37(25-36)43-51-38(29-53-22-21-46)26-41(52-43)34-17-15-32(28-47)16-18-34/h2-20,23,25,38,40-41,43,45-47H,21-22,24,26-29H2,1H3,(H,44,48). The number of benzene rings is 5. The SMILES string of the molecule is Cc1ccc(S(=O)(=O)NC(Cc2ccccc2)C(=O)NCc2cccc(-c3cccc(C4OC(CSCCO)CC(c5ccc(CO)cc5)O4)c3)c2)cc1. The minimum Gasteiger partial charge on any atom is -0.396 e. The molecule has 0 bridgehead atoms. The molecule has 5 aromatic carbocycles. The Hall–Kier alpha value is -4.33. The van der Waals surface area contributed by atoms with Crippen LogP contribution in [0.4, 0.5) is 0 Å². The highest BCUT2D eigenvalue weighted by molar-refractivity contribution is 7.99. The molecular formula is C43H46N2O7S2. The van der Waals surface area contributed by atoms with Crippen molar-refractivity contribution in [3.8, 4) is 11.1 Å². The number of ether oxygens (including phenoxy) is 2. The molecule has 282 valence electrons. The normalized spacial score (nSPS) is 17.9. The van der Waals surface area contributed by atoms with Crippen LogP contribution in [0, 0.1) is 6.92 Å². The number of sulfonamides is 1. The first-order valence-electron chi connectivity index (χ1n) is 18.0. The van der Waals surface area contributed by atoms with Gasteiger partial charge < -0.3 is 25.0 Å². The van der Waals surface area contributed by atoms with Gasteiger partial charge in [-0.15, -0.1) is 0 Å². The van der Waals surface area contributed by atoms with E-state index < -0.39 is 28.3 Å². The summed E-state index contributed by atoms with van der Waals surface area (Å²) in [7, 11) is -3.96. The van der Waals surface area contributed by atoms with Crippen molar-refractivity contribution in [1.82, 2.24) is 10.0 Å². The van der Waals surface area contributed by atoms with E-state index in [0.29, 0.717) is 12.2 Å². The van der Waals surface area contributed by atoms with E-state index in [4.69, 9.17) is 9.47 Å². The Morgan fingerprint density at radius 1 is 0.796 bits per heavy atom. The molecule has 1 aliphatic heterocycles. The molecule has 6 rings (SSSR count). The Bertz CT molecular complexity index is 2080. The van der Waals surface area contributed by atoms with E-state index in [2.05, 4.69) is 10.0 Å². The number of nitrogens with one attached hydrogen (secondary N) is 2. The number of amides is 1. The molecule has 0 spiro atoms. The lowest BCUT2D eigenvalue weighted by atomic mass is 9.99. The number of aliphatic hydroxyl groups is 2. The molecule has 4 unspecified atom stereocenters. The first kappa shape index (κ1) is 39.4. The van der Waals surface area contributed by atoms with Crippen LogP contribution in [0.2, 0.25) is 0 Å². The van der Waals surface area contributed by atoms with Crippen LogP contribution in [0.1, 0.15) is 52.2 Å². The molecule has 0 radical (unpaired) electrons. The van der Waals surface area contributed by atoms with Crippen LogP contribution in [-0.2, 0) is 43.9 Å². The predicted molar refractivity (Wildman–Crippen MR) is 212 cm³/mol. The number of rotatable bonds is 16. The Morgan fingerprint density at radius 3 is 2.22 bits per heavy atom. The summed E-state index contributed by atoms with van der Waals surface area (Å²) in [6.07, 6.45) is -0.0651. The fraction of sp³-hybridized carbons (Fsp3) is 0.279. The number of aryl methyl sites for hydroxylation is 1. The minimum atomic E-state index is -3.96. The number of aliphatic hydroxyl groups excluding tert-OH is 2. The fourth-order valence-electron chi connectivity index (χ4n) is 6.35. The predicted octanol–water partition coefficient (Wildman–Crippen LogP) is 6.63. The smallest absolute Gasteiger partial charge is 0.241 e. The summed E-state index contributed by atoms with van der Waals surface area (Å²) in [5.74, 6) is 0.920. The molecule has 1 saturated heterocycles. The highest BCUT2D eigenvalue weighted by Crippen LogP contribution is 2.39. The maximum atomic E-state index is 13.6. The molecule has 1 amide bonds. The molecule has 54 heavy (non-hydrogen) atoms. The van der Waals surface area contributed by atoms with Gasteiger partial charge in [0.15, 0.2) is 6.29 Å². The summed E-state index contributed by atoms with van der Waals surface area (Å²) < 4.78 is 42.3. The Balaban J connectivity index is 1.17. The van der Waals surface area contributed by atoms with Gasteiger partial charge in [0.25, 0.3) is 0 Å². The summed E-state index contributed by atoms with van der Waals surface area (Å²) in [6, 6.07) is 38.5. The van der Waals surface area contributed by atoms with Crippen LogP contribution in [-0.4, -0.2) is 54.8 Å². The van der Waals surface area contributed by atoms with Crippen LogP contribution in [0.5, 0.6) is 0 Å². The zero-order valence-electron chi connectivity index (χ0n) is 30.1. The maximum absolute atomic E-state index is 13.6. The number of thioether (sulfide) groups is 1. The van der Waals surface area contributed by atoms with Gasteiger partial charge in [0.1, 0.15) is 6.04 Å². The van der Waals surface area contributed by atoms with E-state index in [1.165, 1.54) is 12.1 Å². The highest BCUT2D eigenvalue weighted by Gasteiger charge is 2.32. The zero-order chi connectivity index (χ0) is 37.9. The minimum absolute atomic E-state index is 0.0246. The molecule has 5 aromatic rings. The number of hydrogen-bond acceptors (Lipinski definition) is 8. The second kappa shape index (κ2) is 18.8. The summed E-state index contributed by atoms with van der Waals surface area (Å²) in [6.45, 7) is 2.16. The Labute approximate surface area is 321 Å². The van der Waals surface area contributed by atoms with Gasteiger partial charge in [0, 0.05) is 30.0 Å². The van der Waals surface area contributed by atoms with Crippen LogP contribution >= 0.6 is 11.8 Å². The average Bonchev–Trinajstić information content (AvgIpc) is 3.20. The van der Waals surface area contributed by atoms with E-state index in [9.17, 15) is 23.4 Å². The van der Waals surface area contributed by atoms with Gasteiger partial charge in [0.05, 0.1) is 30.3 Å². The van der Waals surface area contributed by atoms with Crippen molar-refractivity contribution < 1.29 is 32.9 Å². The molecule has 0 saturated carbocycles. The van der Waals surface area contributed by atoms with Gasteiger partial charge in [-0.2, -0.15) is 16.5 Å². The summed E-state index contributed by atoms with van der Waals surface area (Å²) in [5.41, 5.74) is 7.21. The number of hydrogen-bond donors (Lipinski definition) is 4. The second-order valence-electron chi connectivity index (χ2n) is 13.4. The molecule has 1 aliphatic rings. The Kier molecular flexibility index (Phi) is 13.7. The van der Waals surface area contributed by atoms with Gasteiger partial charge in [-0.05, 0) is 71.0 Å². The topological polar surface area (TPSA) is 134 Å². The summed E-state index contributed by atoms with van der Waals surface area (Å²) >= 11 is 1.64. The third-order valence-electron chi connectivity index (χ3n) is 9.27. The van der Waals surface area contributed by atoms with Crippen LogP contribution < -0.4 is 10.0 Å². The molecule has 4 N–H and O–H groups in total. The van der Waals surface area contributed by atoms with E-state index in [1.807, 2.05) is 110 Å². The van der Waals surface area contributed by atoms with Gasteiger partial charge in [-0.3, -0.25) is 4.79 Å². The van der Waals surface area contributed by atoms with Crippen molar-refractivity contribution >= 4 is 27.7 Å². The molecule has 0 aliphatic carbocycles. The fourth-order valence-corrected chi connectivity index (χ4v) is 8.32. The highest BCUT2D eigenvalue weighted by atomic mass is 32.2. The van der Waals surface area contributed by atoms with Gasteiger partial charge in [-0.1, -0.05) is 109 Å². The maximum Gasteiger partial charge on any atom is 0.241 e. The quantitative estimate of drug-likeness (QED) is 0.0823. The van der Waals surface area contributed by atoms with Crippen LogP contribution in [0.25, 0.3) is 11.1 Å². The van der Waals surface area contributed by atoms with Gasteiger partial charge in [0.2, 0.25) is 15.9 Å². The van der Waals surface area contributed by atoms with E-state index in [0.717, 1.165) is 50.3 Å². The van der Waals surface area contributed by atoms with E-state index in [1.54, 1.807) is 23.9 Å². The number of carbonyl (C=O) groups is 1. The van der Waals surface area contributed by atoms with Gasteiger partial charge >= 0.3 is 0 Å². The average molecular weight is 767 g/mol. The van der Waals surface area contributed by atoms with Crippen molar-refractivity contribution in [1.29, 1.82) is 0 Å². The molecule has 1 heterocycles. The third kappa shape index (κ3) is 10.7. The first-order chi connectivity index (χ1) is 26.2. The third-order valence-corrected chi connectivity index (χ3v) is 11.8. The first-order valence-corrected chi connectivity index (χ1v) is 20.6. The van der Waals surface area contributed by atoms with Crippen LogP contribution in [0.3, 0.4) is 0 Å². The largest absolute Gasteiger partial charge is 0.396 e. The van der Waals surface area contributed by atoms with Crippen molar-refractivity contribution in [3.05, 3.63) is 161 Å². The molecule has 1 fully saturated rings.